The second kappa shape index (κ2) is 6.21. The van der Waals surface area contributed by atoms with Crippen LogP contribution in [0.25, 0.3) is 0 Å². The van der Waals surface area contributed by atoms with Crippen molar-refractivity contribution in [3.8, 4) is 0 Å². The van der Waals surface area contributed by atoms with Gasteiger partial charge in [-0.25, -0.2) is 0 Å². The molecule has 0 bridgehead atoms. The summed E-state index contributed by atoms with van der Waals surface area (Å²) in [6.45, 7) is 10.1. The van der Waals surface area contributed by atoms with Gasteiger partial charge >= 0.3 is 0 Å². The third kappa shape index (κ3) is 4.44. The zero-order valence-corrected chi connectivity index (χ0v) is 13.8. The van der Waals surface area contributed by atoms with Crippen LogP contribution in [0.15, 0.2) is 29.0 Å². The van der Waals surface area contributed by atoms with E-state index < -0.39 is 0 Å². The molecule has 0 aliphatic carbocycles. The van der Waals surface area contributed by atoms with Crippen LogP contribution in [0, 0.1) is 0 Å². The fourth-order valence-electron chi connectivity index (χ4n) is 1.99. The van der Waals surface area contributed by atoms with Crippen molar-refractivity contribution >= 4 is 22.7 Å². The van der Waals surface area contributed by atoms with Crippen molar-refractivity contribution in [3.63, 3.8) is 0 Å². The highest BCUT2D eigenvalue weighted by atomic mass is 32.1. The molecule has 0 aliphatic rings. The van der Waals surface area contributed by atoms with Crippen molar-refractivity contribution < 1.29 is 0 Å². The standard InChI is InChI=1S/C16H23NS2/c1-12(9-13-7-8-18-11-13)17-10-14-5-6-15(19-14)16(2,3)4/h5-8,11-12,17H,9-10H2,1-4H3. The predicted molar refractivity (Wildman–Crippen MR) is 87.3 cm³/mol. The Balaban J connectivity index is 1.83. The second-order valence-corrected chi connectivity index (χ2v) is 8.08. The third-order valence-corrected chi connectivity index (χ3v) is 5.39. The van der Waals surface area contributed by atoms with E-state index in [0.717, 1.165) is 13.0 Å². The average molecular weight is 294 g/mol. The molecular formula is C16H23NS2. The minimum atomic E-state index is 0.269. The largest absolute Gasteiger partial charge is 0.309 e. The number of hydrogen-bond acceptors (Lipinski definition) is 3. The van der Waals surface area contributed by atoms with Gasteiger partial charge in [-0.15, -0.1) is 11.3 Å². The Morgan fingerprint density at radius 2 is 2.00 bits per heavy atom. The molecule has 3 heteroatoms. The third-order valence-electron chi connectivity index (χ3n) is 3.15. The summed E-state index contributed by atoms with van der Waals surface area (Å²) in [5, 5.41) is 8.00. The Labute approximate surface area is 124 Å². The van der Waals surface area contributed by atoms with Gasteiger partial charge in [-0.05, 0) is 53.3 Å². The number of thiophene rings is 2. The van der Waals surface area contributed by atoms with Gasteiger partial charge in [-0.2, -0.15) is 11.3 Å². The maximum atomic E-state index is 3.62. The summed E-state index contributed by atoms with van der Waals surface area (Å²) >= 11 is 3.71. The maximum Gasteiger partial charge on any atom is 0.0302 e. The molecule has 0 fully saturated rings. The lowest BCUT2D eigenvalue weighted by atomic mass is 9.95. The molecular weight excluding hydrogens is 270 g/mol. The van der Waals surface area contributed by atoms with E-state index in [2.05, 4.69) is 62.0 Å². The molecule has 1 unspecified atom stereocenters. The van der Waals surface area contributed by atoms with E-state index in [4.69, 9.17) is 0 Å². The van der Waals surface area contributed by atoms with E-state index >= 15 is 0 Å². The van der Waals surface area contributed by atoms with E-state index in [0.29, 0.717) is 6.04 Å². The molecule has 0 amide bonds. The average Bonchev–Trinajstić information content (AvgIpc) is 2.95. The normalized spacial score (nSPS) is 13.7. The Morgan fingerprint density at radius 1 is 1.21 bits per heavy atom. The van der Waals surface area contributed by atoms with Crippen LogP contribution in [0.4, 0.5) is 0 Å². The van der Waals surface area contributed by atoms with E-state index in [-0.39, 0.29) is 5.41 Å². The van der Waals surface area contributed by atoms with Gasteiger partial charge in [0.2, 0.25) is 0 Å². The first-order valence-electron chi connectivity index (χ1n) is 6.79. The maximum absolute atomic E-state index is 3.62. The van der Waals surface area contributed by atoms with Crippen LogP contribution in [0.5, 0.6) is 0 Å². The summed E-state index contributed by atoms with van der Waals surface area (Å²) in [7, 11) is 0. The van der Waals surface area contributed by atoms with Crippen LogP contribution in [0.1, 0.15) is 43.0 Å². The molecule has 2 aromatic rings. The summed E-state index contributed by atoms with van der Waals surface area (Å²) in [5.41, 5.74) is 1.71. The molecule has 0 aliphatic heterocycles. The van der Waals surface area contributed by atoms with Gasteiger partial charge < -0.3 is 5.32 Å². The Kier molecular flexibility index (Phi) is 4.82. The SMILES string of the molecule is CC(Cc1ccsc1)NCc1ccc(C(C)(C)C)s1. The van der Waals surface area contributed by atoms with Gasteiger partial charge in [-0.3, -0.25) is 0 Å². The lowest BCUT2D eigenvalue weighted by Crippen LogP contribution is -2.26. The topological polar surface area (TPSA) is 12.0 Å². The second-order valence-electron chi connectivity index (χ2n) is 6.13. The van der Waals surface area contributed by atoms with Crippen LogP contribution >= 0.6 is 22.7 Å². The molecule has 0 saturated heterocycles. The number of hydrogen-bond donors (Lipinski definition) is 1. The molecule has 2 heterocycles. The van der Waals surface area contributed by atoms with Crippen LogP contribution in [0.2, 0.25) is 0 Å². The van der Waals surface area contributed by atoms with Crippen LogP contribution in [0.3, 0.4) is 0 Å². The van der Waals surface area contributed by atoms with Crippen molar-refractivity contribution in [2.45, 2.75) is 52.1 Å². The molecule has 19 heavy (non-hydrogen) atoms. The minimum absolute atomic E-state index is 0.269. The molecule has 1 atom stereocenters. The molecule has 104 valence electrons. The molecule has 1 N–H and O–H groups in total. The lowest BCUT2D eigenvalue weighted by molar-refractivity contribution is 0.549. The highest BCUT2D eigenvalue weighted by Gasteiger charge is 2.16. The fraction of sp³-hybridized carbons (Fsp3) is 0.500. The molecule has 1 nitrogen and oxygen atoms in total. The van der Waals surface area contributed by atoms with Gasteiger partial charge in [-0.1, -0.05) is 20.8 Å². The van der Waals surface area contributed by atoms with Crippen molar-refractivity contribution in [1.29, 1.82) is 0 Å². The highest BCUT2D eigenvalue weighted by molar-refractivity contribution is 7.12. The summed E-state index contributed by atoms with van der Waals surface area (Å²) in [4.78, 5) is 2.90. The van der Waals surface area contributed by atoms with E-state index in [1.54, 1.807) is 11.3 Å². The van der Waals surface area contributed by atoms with Gasteiger partial charge in [0.25, 0.3) is 0 Å². The van der Waals surface area contributed by atoms with Crippen molar-refractivity contribution in [2.24, 2.45) is 0 Å². The Morgan fingerprint density at radius 3 is 2.58 bits per heavy atom. The monoisotopic (exact) mass is 293 g/mol. The first-order chi connectivity index (χ1) is 8.95. The highest BCUT2D eigenvalue weighted by Crippen LogP contribution is 2.29. The van der Waals surface area contributed by atoms with Crippen LogP contribution in [-0.4, -0.2) is 6.04 Å². The molecule has 0 aromatic carbocycles. The van der Waals surface area contributed by atoms with Gasteiger partial charge in [0.05, 0.1) is 0 Å². The number of rotatable bonds is 5. The first kappa shape index (κ1) is 14.8. The van der Waals surface area contributed by atoms with Crippen LogP contribution in [-0.2, 0) is 18.4 Å². The van der Waals surface area contributed by atoms with Crippen LogP contribution < -0.4 is 5.32 Å². The zero-order valence-electron chi connectivity index (χ0n) is 12.2. The minimum Gasteiger partial charge on any atom is -0.309 e. The summed E-state index contributed by atoms with van der Waals surface area (Å²) in [6, 6.07) is 7.27. The molecule has 0 radical (unpaired) electrons. The van der Waals surface area contributed by atoms with Crippen molar-refractivity contribution in [2.75, 3.05) is 0 Å². The Hall–Kier alpha value is -0.640. The molecule has 2 aromatic heterocycles. The first-order valence-corrected chi connectivity index (χ1v) is 8.55. The van der Waals surface area contributed by atoms with Gasteiger partial charge in [0.15, 0.2) is 0 Å². The van der Waals surface area contributed by atoms with E-state index in [1.165, 1.54) is 15.3 Å². The Bertz CT molecular complexity index is 491. The fourth-order valence-corrected chi connectivity index (χ4v) is 3.68. The summed E-state index contributed by atoms with van der Waals surface area (Å²) in [6.07, 6.45) is 1.11. The number of nitrogens with one attached hydrogen (secondary N) is 1. The van der Waals surface area contributed by atoms with Crippen molar-refractivity contribution in [1.82, 2.24) is 5.32 Å². The molecule has 0 spiro atoms. The summed E-state index contributed by atoms with van der Waals surface area (Å²) < 4.78 is 0. The van der Waals surface area contributed by atoms with E-state index in [9.17, 15) is 0 Å². The molecule has 2 rings (SSSR count). The predicted octanol–water partition coefficient (Wildman–Crippen LogP) is 4.83. The quantitative estimate of drug-likeness (QED) is 0.832. The van der Waals surface area contributed by atoms with Gasteiger partial charge in [0, 0.05) is 22.3 Å². The summed E-state index contributed by atoms with van der Waals surface area (Å²) in [5.74, 6) is 0. The molecule has 0 saturated carbocycles. The smallest absolute Gasteiger partial charge is 0.0302 e. The zero-order chi connectivity index (χ0) is 13.9. The van der Waals surface area contributed by atoms with Crippen molar-refractivity contribution in [3.05, 3.63) is 44.3 Å². The van der Waals surface area contributed by atoms with E-state index in [1.807, 2.05) is 11.3 Å². The lowest BCUT2D eigenvalue weighted by Gasteiger charge is -2.15. The van der Waals surface area contributed by atoms with Gasteiger partial charge in [0.1, 0.15) is 0 Å².